The highest BCUT2D eigenvalue weighted by atomic mass is 16.2. The standard InChI is InChI=1S/C15H16N4O/c1-15(2,3)14(20)18-13-11(9-16)10-17-19(13)12-7-5-4-6-8-12/h4-8,10H,1-3H3,(H,18,20). The summed E-state index contributed by atoms with van der Waals surface area (Å²) in [7, 11) is 0. The van der Waals surface area contributed by atoms with Gasteiger partial charge in [0, 0.05) is 5.41 Å². The average molecular weight is 268 g/mol. The molecule has 0 aliphatic rings. The molecule has 0 bridgehead atoms. The summed E-state index contributed by atoms with van der Waals surface area (Å²) in [6.45, 7) is 5.45. The third kappa shape index (κ3) is 2.69. The molecule has 0 atom stereocenters. The minimum atomic E-state index is -0.543. The highest BCUT2D eigenvalue weighted by Crippen LogP contribution is 2.22. The first-order valence-corrected chi connectivity index (χ1v) is 6.28. The van der Waals surface area contributed by atoms with Crippen molar-refractivity contribution in [2.75, 3.05) is 5.32 Å². The average Bonchev–Trinajstić information content (AvgIpc) is 2.81. The topological polar surface area (TPSA) is 70.7 Å². The molecule has 0 saturated carbocycles. The number of nitriles is 1. The highest BCUT2D eigenvalue weighted by Gasteiger charge is 2.24. The molecule has 1 aromatic heterocycles. The highest BCUT2D eigenvalue weighted by molar-refractivity contribution is 5.95. The summed E-state index contributed by atoms with van der Waals surface area (Å²) in [6, 6.07) is 11.4. The zero-order chi connectivity index (χ0) is 14.8. The number of aromatic nitrogens is 2. The zero-order valence-corrected chi connectivity index (χ0v) is 11.7. The van der Waals surface area contributed by atoms with Crippen molar-refractivity contribution in [3.63, 3.8) is 0 Å². The SMILES string of the molecule is CC(C)(C)C(=O)Nc1c(C#N)cnn1-c1ccccc1. The number of anilines is 1. The molecule has 0 saturated heterocycles. The Balaban J connectivity index is 2.44. The molecule has 2 aromatic rings. The number of nitrogens with zero attached hydrogens (tertiary/aromatic N) is 3. The summed E-state index contributed by atoms with van der Waals surface area (Å²) in [6.07, 6.45) is 1.45. The smallest absolute Gasteiger partial charge is 0.230 e. The second-order valence-electron chi connectivity index (χ2n) is 5.47. The van der Waals surface area contributed by atoms with Crippen LogP contribution in [0, 0.1) is 16.7 Å². The Morgan fingerprint density at radius 3 is 2.50 bits per heavy atom. The van der Waals surface area contributed by atoms with Crippen molar-refractivity contribution >= 4 is 11.7 Å². The maximum atomic E-state index is 12.1. The number of nitrogens with one attached hydrogen (secondary N) is 1. The van der Waals surface area contributed by atoms with E-state index in [-0.39, 0.29) is 5.91 Å². The number of hydrogen-bond acceptors (Lipinski definition) is 3. The number of carbonyl (C=O) groups is 1. The quantitative estimate of drug-likeness (QED) is 0.910. The van der Waals surface area contributed by atoms with Gasteiger partial charge >= 0.3 is 0 Å². The van der Waals surface area contributed by atoms with Crippen LogP contribution in [-0.2, 0) is 4.79 Å². The predicted octanol–water partition coefficient (Wildman–Crippen LogP) is 2.73. The molecule has 0 radical (unpaired) electrons. The molecule has 20 heavy (non-hydrogen) atoms. The lowest BCUT2D eigenvalue weighted by molar-refractivity contribution is -0.123. The fourth-order valence-corrected chi connectivity index (χ4v) is 1.61. The van der Waals surface area contributed by atoms with Crippen LogP contribution < -0.4 is 5.32 Å². The van der Waals surface area contributed by atoms with Gasteiger partial charge in [0.1, 0.15) is 11.6 Å². The number of carbonyl (C=O) groups excluding carboxylic acids is 1. The predicted molar refractivity (Wildman–Crippen MR) is 76.4 cm³/mol. The molecule has 5 nitrogen and oxygen atoms in total. The van der Waals surface area contributed by atoms with Gasteiger partial charge in [-0.3, -0.25) is 4.79 Å². The summed E-state index contributed by atoms with van der Waals surface area (Å²) in [5.41, 5.74) is 0.586. The van der Waals surface area contributed by atoms with Crippen molar-refractivity contribution in [2.24, 2.45) is 5.41 Å². The molecule has 1 heterocycles. The molecule has 0 fully saturated rings. The van der Waals surface area contributed by atoms with Gasteiger partial charge in [0.15, 0.2) is 5.82 Å². The van der Waals surface area contributed by atoms with Crippen LogP contribution in [0.1, 0.15) is 26.3 Å². The van der Waals surface area contributed by atoms with E-state index >= 15 is 0 Å². The van der Waals surface area contributed by atoms with Crippen LogP contribution in [0.2, 0.25) is 0 Å². The zero-order valence-electron chi connectivity index (χ0n) is 11.7. The second-order valence-corrected chi connectivity index (χ2v) is 5.47. The number of amides is 1. The van der Waals surface area contributed by atoms with Crippen molar-refractivity contribution in [1.82, 2.24) is 9.78 Å². The van der Waals surface area contributed by atoms with E-state index in [1.165, 1.54) is 6.20 Å². The fraction of sp³-hybridized carbons (Fsp3) is 0.267. The van der Waals surface area contributed by atoms with Crippen molar-refractivity contribution in [2.45, 2.75) is 20.8 Å². The largest absolute Gasteiger partial charge is 0.309 e. The fourth-order valence-electron chi connectivity index (χ4n) is 1.61. The Bertz CT molecular complexity index is 659. The molecule has 1 aromatic carbocycles. The molecule has 0 aliphatic carbocycles. The number of rotatable bonds is 2. The summed E-state index contributed by atoms with van der Waals surface area (Å²) < 4.78 is 1.56. The van der Waals surface area contributed by atoms with Gasteiger partial charge in [0.25, 0.3) is 0 Å². The molecule has 2 rings (SSSR count). The number of benzene rings is 1. The maximum Gasteiger partial charge on any atom is 0.230 e. The van der Waals surface area contributed by atoms with Crippen molar-refractivity contribution < 1.29 is 4.79 Å². The lowest BCUT2D eigenvalue weighted by Gasteiger charge is -2.18. The van der Waals surface area contributed by atoms with Crippen LogP contribution in [0.4, 0.5) is 5.82 Å². The molecule has 0 spiro atoms. The third-order valence-electron chi connectivity index (χ3n) is 2.80. The Morgan fingerprint density at radius 1 is 1.30 bits per heavy atom. The lowest BCUT2D eigenvalue weighted by atomic mass is 9.96. The molecule has 1 amide bonds. The van der Waals surface area contributed by atoms with Gasteiger partial charge in [0.05, 0.1) is 11.9 Å². The Labute approximate surface area is 117 Å². The Kier molecular flexibility index (Phi) is 3.57. The molecule has 1 N–H and O–H groups in total. The first-order chi connectivity index (χ1) is 9.43. The van der Waals surface area contributed by atoms with Crippen molar-refractivity contribution in [1.29, 1.82) is 5.26 Å². The van der Waals surface area contributed by atoms with Gasteiger partial charge in [0.2, 0.25) is 5.91 Å². The normalized spacial score (nSPS) is 10.9. The number of para-hydroxylation sites is 1. The van der Waals surface area contributed by atoms with E-state index in [1.54, 1.807) is 4.68 Å². The van der Waals surface area contributed by atoms with E-state index < -0.39 is 5.41 Å². The van der Waals surface area contributed by atoms with Gasteiger partial charge in [-0.15, -0.1) is 0 Å². The molecule has 0 aliphatic heterocycles. The van der Waals surface area contributed by atoms with Crippen molar-refractivity contribution in [3.8, 4) is 11.8 Å². The van der Waals surface area contributed by atoms with Gasteiger partial charge in [-0.05, 0) is 12.1 Å². The van der Waals surface area contributed by atoms with E-state index in [2.05, 4.69) is 10.4 Å². The van der Waals surface area contributed by atoms with Gasteiger partial charge in [-0.1, -0.05) is 39.0 Å². The van der Waals surface area contributed by atoms with Gasteiger partial charge in [-0.2, -0.15) is 10.4 Å². The first-order valence-electron chi connectivity index (χ1n) is 6.28. The van der Waals surface area contributed by atoms with Crippen LogP contribution >= 0.6 is 0 Å². The van der Waals surface area contributed by atoms with Crippen LogP contribution in [0.15, 0.2) is 36.5 Å². The summed E-state index contributed by atoms with van der Waals surface area (Å²) in [5.74, 6) is 0.241. The second kappa shape index (κ2) is 5.17. The van der Waals surface area contributed by atoms with Crippen LogP contribution in [0.25, 0.3) is 5.69 Å². The summed E-state index contributed by atoms with van der Waals surface area (Å²) in [5, 5.41) is 16.1. The molecular weight excluding hydrogens is 252 g/mol. The first kappa shape index (κ1) is 13.8. The van der Waals surface area contributed by atoms with E-state index in [1.807, 2.05) is 57.2 Å². The molecule has 0 unspecified atom stereocenters. The Morgan fingerprint density at radius 2 is 1.95 bits per heavy atom. The van der Waals surface area contributed by atoms with Gasteiger partial charge in [-0.25, -0.2) is 4.68 Å². The van der Waals surface area contributed by atoms with E-state index in [4.69, 9.17) is 5.26 Å². The van der Waals surface area contributed by atoms with E-state index in [0.717, 1.165) is 5.69 Å². The summed E-state index contributed by atoms with van der Waals surface area (Å²) >= 11 is 0. The van der Waals surface area contributed by atoms with Crippen LogP contribution in [-0.4, -0.2) is 15.7 Å². The molecule has 5 heteroatoms. The third-order valence-corrected chi connectivity index (χ3v) is 2.80. The van der Waals surface area contributed by atoms with Crippen LogP contribution in [0.5, 0.6) is 0 Å². The minimum Gasteiger partial charge on any atom is -0.309 e. The minimum absolute atomic E-state index is 0.160. The van der Waals surface area contributed by atoms with Gasteiger partial charge < -0.3 is 5.32 Å². The van der Waals surface area contributed by atoms with Crippen molar-refractivity contribution in [3.05, 3.63) is 42.1 Å². The van der Waals surface area contributed by atoms with E-state index in [0.29, 0.717) is 11.4 Å². The molecular formula is C15H16N4O. The lowest BCUT2D eigenvalue weighted by Crippen LogP contribution is -2.29. The monoisotopic (exact) mass is 268 g/mol. The Hall–Kier alpha value is -2.61. The maximum absolute atomic E-state index is 12.1. The molecule has 102 valence electrons. The van der Waals surface area contributed by atoms with Crippen LogP contribution in [0.3, 0.4) is 0 Å². The number of hydrogen-bond donors (Lipinski definition) is 1. The summed E-state index contributed by atoms with van der Waals surface area (Å²) in [4.78, 5) is 12.1. The van der Waals surface area contributed by atoms with E-state index in [9.17, 15) is 4.79 Å².